The minimum atomic E-state index is 0.207. The summed E-state index contributed by atoms with van der Waals surface area (Å²) in [5.41, 5.74) is 0. The fourth-order valence-corrected chi connectivity index (χ4v) is 2.95. The molecule has 0 bridgehead atoms. The number of amides is 1. The van der Waals surface area contributed by atoms with Crippen molar-refractivity contribution < 1.29 is 4.79 Å². The summed E-state index contributed by atoms with van der Waals surface area (Å²) >= 11 is 5.95. The largest absolute Gasteiger partial charge is 0.342 e. The summed E-state index contributed by atoms with van der Waals surface area (Å²) in [6.45, 7) is 5.74. The van der Waals surface area contributed by atoms with Crippen LogP contribution in [0.3, 0.4) is 0 Å². The number of carbonyl (C=O) groups excluding carboxylic acids is 1. The fraction of sp³-hybridized carbons (Fsp3) is 0.909. The van der Waals surface area contributed by atoms with Gasteiger partial charge in [-0.25, -0.2) is 4.42 Å². The normalized spacial score (nSPS) is 33.3. The second-order valence-corrected chi connectivity index (χ2v) is 5.25. The molecule has 2 rings (SSSR count). The van der Waals surface area contributed by atoms with Crippen LogP contribution in [-0.4, -0.2) is 41.4 Å². The Kier molecular flexibility index (Phi) is 3.52. The lowest BCUT2D eigenvalue weighted by atomic mass is 9.87. The van der Waals surface area contributed by atoms with Crippen LogP contribution in [0.5, 0.6) is 0 Å². The first-order valence-corrected chi connectivity index (χ1v) is 6.22. The van der Waals surface area contributed by atoms with E-state index in [1.54, 1.807) is 4.42 Å². The molecule has 0 saturated carbocycles. The molecule has 0 aromatic carbocycles. The van der Waals surface area contributed by atoms with Gasteiger partial charge in [0.15, 0.2) is 0 Å². The van der Waals surface area contributed by atoms with E-state index in [4.69, 9.17) is 11.8 Å². The number of rotatable bonds is 1. The maximum absolute atomic E-state index is 12.2. The third kappa shape index (κ3) is 2.45. The van der Waals surface area contributed by atoms with E-state index < -0.39 is 0 Å². The first kappa shape index (κ1) is 11.2. The van der Waals surface area contributed by atoms with Crippen molar-refractivity contribution in [3.63, 3.8) is 0 Å². The summed E-state index contributed by atoms with van der Waals surface area (Å²) in [6, 6.07) is 0. The Bertz CT molecular complexity index is 241. The Morgan fingerprint density at radius 3 is 2.53 bits per heavy atom. The van der Waals surface area contributed by atoms with Gasteiger partial charge in [0.1, 0.15) is 0 Å². The quantitative estimate of drug-likeness (QED) is 0.641. The predicted octanol–water partition coefficient (Wildman–Crippen LogP) is 1.72. The lowest BCUT2D eigenvalue weighted by Gasteiger charge is -2.34. The van der Waals surface area contributed by atoms with Crippen LogP contribution in [0.4, 0.5) is 0 Å². The van der Waals surface area contributed by atoms with Crippen LogP contribution in [0.15, 0.2) is 0 Å². The van der Waals surface area contributed by atoms with Crippen LogP contribution in [0.1, 0.15) is 26.2 Å². The molecule has 2 fully saturated rings. The molecule has 2 saturated heterocycles. The second kappa shape index (κ2) is 4.71. The van der Waals surface area contributed by atoms with Crippen molar-refractivity contribution in [3.8, 4) is 0 Å². The van der Waals surface area contributed by atoms with Gasteiger partial charge in [-0.15, -0.1) is 0 Å². The Morgan fingerprint density at radius 2 is 1.93 bits per heavy atom. The molecule has 0 spiro atoms. The van der Waals surface area contributed by atoms with E-state index in [1.807, 2.05) is 4.90 Å². The SMILES string of the molecule is CC1CN(Cl)CCC1C(=O)N1CCCC1. The minimum absolute atomic E-state index is 0.207. The third-order valence-electron chi connectivity index (χ3n) is 3.59. The van der Waals surface area contributed by atoms with Gasteiger partial charge in [0.25, 0.3) is 0 Å². The molecule has 0 aromatic rings. The first-order valence-electron chi connectivity index (χ1n) is 5.88. The molecule has 2 atom stereocenters. The molecule has 2 heterocycles. The summed E-state index contributed by atoms with van der Waals surface area (Å²) in [7, 11) is 0. The van der Waals surface area contributed by atoms with Crippen LogP contribution in [-0.2, 0) is 4.79 Å². The van der Waals surface area contributed by atoms with Gasteiger partial charge in [-0.05, 0) is 37.0 Å². The Balaban J connectivity index is 1.94. The highest BCUT2D eigenvalue weighted by Crippen LogP contribution is 2.27. The standard InChI is InChI=1S/C11H19ClN2O/c1-9-8-14(12)7-4-10(9)11(15)13-5-2-3-6-13/h9-10H,2-8H2,1H3. The summed E-state index contributed by atoms with van der Waals surface area (Å²) in [5, 5.41) is 0. The van der Waals surface area contributed by atoms with Crippen molar-refractivity contribution in [1.82, 2.24) is 9.32 Å². The number of likely N-dealkylation sites (tertiary alicyclic amines) is 1. The van der Waals surface area contributed by atoms with E-state index >= 15 is 0 Å². The number of halogens is 1. The fourth-order valence-electron chi connectivity index (χ4n) is 2.63. The predicted molar refractivity (Wildman–Crippen MR) is 60.5 cm³/mol. The van der Waals surface area contributed by atoms with E-state index in [0.29, 0.717) is 11.8 Å². The zero-order valence-electron chi connectivity index (χ0n) is 9.29. The molecule has 3 nitrogen and oxygen atoms in total. The maximum atomic E-state index is 12.2. The summed E-state index contributed by atoms with van der Waals surface area (Å²) in [4.78, 5) is 14.2. The Hall–Kier alpha value is -0.280. The Labute approximate surface area is 96.5 Å². The monoisotopic (exact) mass is 230 g/mol. The molecule has 4 heteroatoms. The van der Waals surface area contributed by atoms with Gasteiger partial charge in [-0.3, -0.25) is 4.79 Å². The van der Waals surface area contributed by atoms with E-state index in [1.165, 1.54) is 12.8 Å². The van der Waals surface area contributed by atoms with Gasteiger partial charge in [-0.2, -0.15) is 0 Å². The topological polar surface area (TPSA) is 23.6 Å². The van der Waals surface area contributed by atoms with Gasteiger partial charge in [0.2, 0.25) is 5.91 Å². The maximum Gasteiger partial charge on any atom is 0.226 e. The van der Waals surface area contributed by atoms with Crippen molar-refractivity contribution in [2.75, 3.05) is 26.2 Å². The molecule has 0 N–H and O–H groups in total. The highest BCUT2D eigenvalue weighted by atomic mass is 35.5. The number of piperidine rings is 1. The van der Waals surface area contributed by atoms with Crippen molar-refractivity contribution in [2.45, 2.75) is 26.2 Å². The van der Waals surface area contributed by atoms with E-state index in [-0.39, 0.29) is 5.92 Å². The van der Waals surface area contributed by atoms with Crippen LogP contribution >= 0.6 is 11.8 Å². The van der Waals surface area contributed by atoms with Gasteiger partial charge in [-0.1, -0.05) is 6.92 Å². The molecular formula is C11H19ClN2O. The average molecular weight is 231 g/mol. The number of hydrogen-bond acceptors (Lipinski definition) is 2. The van der Waals surface area contributed by atoms with Crippen molar-refractivity contribution in [2.24, 2.45) is 11.8 Å². The van der Waals surface area contributed by atoms with Crippen LogP contribution in [0, 0.1) is 11.8 Å². The molecule has 15 heavy (non-hydrogen) atoms. The molecule has 1 amide bonds. The molecule has 0 aromatic heterocycles. The summed E-state index contributed by atoms with van der Waals surface area (Å²) in [6.07, 6.45) is 3.27. The first-order chi connectivity index (χ1) is 7.18. The molecule has 2 aliphatic rings. The Morgan fingerprint density at radius 1 is 1.27 bits per heavy atom. The van der Waals surface area contributed by atoms with Crippen molar-refractivity contribution >= 4 is 17.7 Å². The lowest BCUT2D eigenvalue weighted by molar-refractivity contribution is -0.137. The zero-order chi connectivity index (χ0) is 10.8. The van der Waals surface area contributed by atoms with Gasteiger partial charge < -0.3 is 4.90 Å². The minimum Gasteiger partial charge on any atom is -0.342 e. The van der Waals surface area contributed by atoms with Crippen LogP contribution < -0.4 is 0 Å². The van der Waals surface area contributed by atoms with E-state index in [9.17, 15) is 4.79 Å². The molecule has 0 radical (unpaired) electrons. The third-order valence-corrected chi connectivity index (χ3v) is 3.90. The molecular weight excluding hydrogens is 212 g/mol. The van der Waals surface area contributed by atoms with E-state index in [2.05, 4.69) is 6.92 Å². The van der Waals surface area contributed by atoms with E-state index in [0.717, 1.165) is 32.6 Å². The smallest absolute Gasteiger partial charge is 0.226 e. The van der Waals surface area contributed by atoms with Gasteiger partial charge in [0.05, 0.1) is 0 Å². The molecule has 2 unspecified atom stereocenters. The molecule has 86 valence electrons. The molecule has 2 aliphatic heterocycles. The highest BCUT2D eigenvalue weighted by molar-refractivity contribution is 6.13. The summed E-state index contributed by atoms with van der Waals surface area (Å²) in [5.74, 6) is 0.965. The highest BCUT2D eigenvalue weighted by Gasteiger charge is 2.34. The van der Waals surface area contributed by atoms with Crippen LogP contribution in [0.25, 0.3) is 0 Å². The number of nitrogens with zero attached hydrogens (tertiary/aromatic N) is 2. The zero-order valence-corrected chi connectivity index (χ0v) is 10.0. The van der Waals surface area contributed by atoms with Gasteiger partial charge in [0, 0.05) is 32.1 Å². The lowest BCUT2D eigenvalue weighted by Crippen LogP contribution is -2.43. The average Bonchev–Trinajstić information content (AvgIpc) is 2.69. The summed E-state index contributed by atoms with van der Waals surface area (Å²) < 4.78 is 1.80. The van der Waals surface area contributed by atoms with Crippen molar-refractivity contribution in [1.29, 1.82) is 0 Å². The van der Waals surface area contributed by atoms with Crippen LogP contribution in [0.2, 0.25) is 0 Å². The van der Waals surface area contributed by atoms with Crippen molar-refractivity contribution in [3.05, 3.63) is 0 Å². The number of hydrogen-bond donors (Lipinski definition) is 0. The molecule has 0 aliphatic carbocycles. The van der Waals surface area contributed by atoms with Gasteiger partial charge >= 0.3 is 0 Å². The number of carbonyl (C=O) groups is 1. The second-order valence-electron chi connectivity index (χ2n) is 4.77.